The van der Waals surface area contributed by atoms with Gasteiger partial charge in [0, 0.05) is 12.7 Å². The lowest BCUT2D eigenvalue weighted by atomic mass is 10.3. The summed E-state index contributed by atoms with van der Waals surface area (Å²) in [5, 5.41) is 18.1. The van der Waals surface area contributed by atoms with Gasteiger partial charge in [0.1, 0.15) is 0 Å². The lowest BCUT2D eigenvalue weighted by Gasteiger charge is -2.05. The highest BCUT2D eigenvalue weighted by molar-refractivity contribution is 5.73. The van der Waals surface area contributed by atoms with Crippen LogP contribution in [0.2, 0.25) is 0 Å². The normalized spacial score (nSPS) is 19.6. The lowest BCUT2D eigenvalue weighted by molar-refractivity contribution is -0.192. The fourth-order valence-electron chi connectivity index (χ4n) is 1.28. The number of aliphatic carboxylic acids is 1. The summed E-state index contributed by atoms with van der Waals surface area (Å²) in [6, 6.07) is 0.530. The molecule has 0 spiro atoms. The topological polar surface area (TPSA) is 80.0 Å². The first-order chi connectivity index (χ1) is 7.91. The van der Waals surface area contributed by atoms with E-state index >= 15 is 0 Å². The van der Waals surface area contributed by atoms with Gasteiger partial charge in [0.25, 0.3) is 0 Å². The zero-order valence-electron chi connectivity index (χ0n) is 8.68. The Kier molecular flexibility index (Phi) is 4.44. The Morgan fingerprint density at radius 2 is 2.18 bits per heavy atom. The molecule has 2 N–H and O–H groups in total. The summed E-state index contributed by atoms with van der Waals surface area (Å²) in [6.07, 6.45) is -0.278. The Balaban J connectivity index is 0.000000185. The van der Waals surface area contributed by atoms with Crippen LogP contribution in [0.25, 0.3) is 0 Å². The molecule has 2 heterocycles. The van der Waals surface area contributed by atoms with Crippen molar-refractivity contribution >= 4 is 5.97 Å². The van der Waals surface area contributed by atoms with E-state index in [9.17, 15) is 13.2 Å². The summed E-state index contributed by atoms with van der Waals surface area (Å²) in [6.45, 7) is 2.13. The van der Waals surface area contributed by atoms with Crippen molar-refractivity contribution in [3.63, 3.8) is 0 Å². The number of nitrogens with one attached hydrogen (secondary N) is 1. The second kappa shape index (κ2) is 5.62. The molecule has 1 aromatic rings. The van der Waals surface area contributed by atoms with E-state index in [-0.39, 0.29) is 0 Å². The molecule has 0 radical (unpaired) electrons. The molecule has 1 aromatic heterocycles. The zero-order valence-corrected chi connectivity index (χ0v) is 8.68. The van der Waals surface area contributed by atoms with Crippen LogP contribution in [0.4, 0.5) is 13.2 Å². The Bertz CT molecular complexity index is 346. The third-order valence-electron chi connectivity index (χ3n) is 2.09. The first kappa shape index (κ1) is 13.4. The number of halogens is 3. The monoisotopic (exact) mass is 252 g/mol. The molecule has 0 amide bonds. The zero-order chi connectivity index (χ0) is 12.9. The predicted molar refractivity (Wildman–Crippen MR) is 50.2 cm³/mol. The Hall–Kier alpha value is -1.64. The van der Waals surface area contributed by atoms with Gasteiger partial charge in [-0.15, -0.1) is 5.10 Å². The standard InChI is InChI=1S/C6H10N4.C2HF3O2/c1-2-7-5-6(1)10-4-3-8-9-10;3-2(4,5)1(6)7/h3-4,6-7H,1-2,5H2;(H,6,7). The molecule has 1 aliphatic heterocycles. The highest BCUT2D eigenvalue weighted by Crippen LogP contribution is 2.13. The largest absolute Gasteiger partial charge is 0.490 e. The highest BCUT2D eigenvalue weighted by Gasteiger charge is 2.38. The van der Waals surface area contributed by atoms with Crippen LogP contribution < -0.4 is 5.32 Å². The summed E-state index contributed by atoms with van der Waals surface area (Å²) in [7, 11) is 0. The van der Waals surface area contributed by atoms with E-state index in [0.29, 0.717) is 6.04 Å². The number of carboxylic acid groups (broad SMARTS) is 1. The number of rotatable bonds is 1. The first-order valence-corrected chi connectivity index (χ1v) is 4.78. The summed E-state index contributed by atoms with van der Waals surface area (Å²) in [5.41, 5.74) is 0. The first-order valence-electron chi connectivity index (χ1n) is 4.78. The van der Waals surface area contributed by atoms with Gasteiger partial charge in [-0.05, 0) is 13.0 Å². The van der Waals surface area contributed by atoms with Gasteiger partial charge < -0.3 is 10.4 Å². The van der Waals surface area contributed by atoms with Crippen molar-refractivity contribution in [1.29, 1.82) is 0 Å². The Labute approximate surface area is 94.4 Å². The second-order valence-electron chi connectivity index (χ2n) is 3.33. The highest BCUT2D eigenvalue weighted by atomic mass is 19.4. The fraction of sp³-hybridized carbons (Fsp3) is 0.625. The third-order valence-corrected chi connectivity index (χ3v) is 2.09. The maximum absolute atomic E-state index is 10.6. The van der Waals surface area contributed by atoms with E-state index in [1.165, 1.54) is 6.42 Å². The summed E-state index contributed by atoms with van der Waals surface area (Å²) in [5.74, 6) is -2.76. The van der Waals surface area contributed by atoms with Gasteiger partial charge in [0.05, 0.1) is 12.2 Å². The smallest absolute Gasteiger partial charge is 0.475 e. The molecule has 1 unspecified atom stereocenters. The van der Waals surface area contributed by atoms with Gasteiger partial charge in [0.2, 0.25) is 0 Å². The Morgan fingerprint density at radius 3 is 2.53 bits per heavy atom. The molecule has 1 atom stereocenters. The molecular weight excluding hydrogens is 241 g/mol. The number of alkyl halides is 3. The minimum atomic E-state index is -5.08. The van der Waals surface area contributed by atoms with Crippen LogP contribution in [0, 0.1) is 0 Å². The molecule has 1 saturated heterocycles. The summed E-state index contributed by atoms with van der Waals surface area (Å²) >= 11 is 0. The van der Waals surface area contributed by atoms with E-state index in [0.717, 1.165) is 13.1 Å². The summed E-state index contributed by atoms with van der Waals surface area (Å²) < 4.78 is 33.7. The van der Waals surface area contributed by atoms with Crippen molar-refractivity contribution in [2.75, 3.05) is 13.1 Å². The molecule has 0 aliphatic carbocycles. The van der Waals surface area contributed by atoms with E-state index in [2.05, 4.69) is 15.6 Å². The molecule has 2 rings (SSSR count). The van der Waals surface area contributed by atoms with Crippen molar-refractivity contribution < 1.29 is 23.1 Å². The average Bonchev–Trinajstić information content (AvgIpc) is 2.90. The van der Waals surface area contributed by atoms with Crippen LogP contribution in [-0.2, 0) is 4.79 Å². The van der Waals surface area contributed by atoms with Crippen molar-refractivity contribution in [2.45, 2.75) is 18.6 Å². The maximum atomic E-state index is 10.6. The number of carbonyl (C=O) groups is 1. The minimum absolute atomic E-state index is 0.530. The van der Waals surface area contributed by atoms with E-state index < -0.39 is 12.1 Å². The van der Waals surface area contributed by atoms with Crippen LogP contribution >= 0.6 is 0 Å². The maximum Gasteiger partial charge on any atom is 0.490 e. The third kappa shape index (κ3) is 4.39. The molecular formula is C8H11F3N4O2. The van der Waals surface area contributed by atoms with Crippen molar-refractivity contribution in [3.05, 3.63) is 12.4 Å². The Morgan fingerprint density at radius 1 is 1.53 bits per heavy atom. The number of hydrogen-bond acceptors (Lipinski definition) is 4. The summed E-state index contributed by atoms with van der Waals surface area (Å²) in [4.78, 5) is 8.90. The van der Waals surface area contributed by atoms with Crippen LogP contribution in [0.3, 0.4) is 0 Å². The number of nitrogens with zero attached hydrogens (tertiary/aromatic N) is 3. The molecule has 0 aromatic carbocycles. The molecule has 0 saturated carbocycles. The molecule has 17 heavy (non-hydrogen) atoms. The molecule has 9 heteroatoms. The van der Waals surface area contributed by atoms with Crippen molar-refractivity contribution in [2.24, 2.45) is 0 Å². The minimum Gasteiger partial charge on any atom is -0.475 e. The quantitative estimate of drug-likeness (QED) is 0.758. The lowest BCUT2D eigenvalue weighted by Crippen LogP contribution is -2.21. The van der Waals surface area contributed by atoms with Crippen molar-refractivity contribution in [3.8, 4) is 0 Å². The molecule has 1 fully saturated rings. The van der Waals surface area contributed by atoms with Gasteiger partial charge in [0.15, 0.2) is 0 Å². The van der Waals surface area contributed by atoms with Crippen molar-refractivity contribution in [1.82, 2.24) is 20.3 Å². The van der Waals surface area contributed by atoms with Crippen LogP contribution in [0.1, 0.15) is 12.5 Å². The van der Waals surface area contributed by atoms with Gasteiger partial charge >= 0.3 is 12.1 Å². The predicted octanol–water partition coefficient (Wildman–Crippen LogP) is 0.446. The van der Waals surface area contributed by atoms with Crippen LogP contribution in [0.5, 0.6) is 0 Å². The van der Waals surface area contributed by atoms with Gasteiger partial charge in [-0.25, -0.2) is 9.48 Å². The number of hydrogen-bond donors (Lipinski definition) is 2. The van der Waals surface area contributed by atoms with Crippen LogP contribution in [0.15, 0.2) is 12.4 Å². The molecule has 1 aliphatic rings. The van der Waals surface area contributed by atoms with Gasteiger partial charge in [-0.3, -0.25) is 0 Å². The van der Waals surface area contributed by atoms with Gasteiger partial charge in [-0.1, -0.05) is 5.21 Å². The SMILES string of the molecule is O=C(O)C(F)(F)F.c1cn(C2CCNC2)nn1. The van der Waals surface area contributed by atoms with Gasteiger partial charge in [-0.2, -0.15) is 13.2 Å². The van der Waals surface area contributed by atoms with E-state index in [1.807, 2.05) is 10.9 Å². The average molecular weight is 252 g/mol. The molecule has 6 nitrogen and oxygen atoms in total. The van der Waals surface area contributed by atoms with Crippen LogP contribution in [-0.4, -0.2) is 45.3 Å². The van der Waals surface area contributed by atoms with E-state index in [1.54, 1.807) is 6.20 Å². The molecule has 0 bridgehead atoms. The second-order valence-corrected chi connectivity index (χ2v) is 3.33. The molecule has 96 valence electrons. The number of carboxylic acids is 1. The van der Waals surface area contributed by atoms with E-state index in [4.69, 9.17) is 9.90 Å². The fourth-order valence-corrected chi connectivity index (χ4v) is 1.28. The number of aromatic nitrogens is 3.